The maximum absolute atomic E-state index is 9.46. The van der Waals surface area contributed by atoms with Gasteiger partial charge in [-0.15, -0.1) is 0 Å². The highest BCUT2D eigenvalue weighted by Gasteiger charge is 2.09. The van der Waals surface area contributed by atoms with Crippen LogP contribution in [0, 0.1) is 0 Å². The fourth-order valence-electron chi connectivity index (χ4n) is 1.72. The van der Waals surface area contributed by atoms with Crippen molar-refractivity contribution in [3.63, 3.8) is 0 Å². The number of rotatable bonds is 1. The first-order chi connectivity index (χ1) is 8.25. The van der Waals surface area contributed by atoms with Crippen LogP contribution in [0.3, 0.4) is 0 Å². The second-order valence-corrected chi connectivity index (χ2v) is 3.57. The number of anilines is 1. The smallest absolute Gasteiger partial charge is 0.183 e. The van der Waals surface area contributed by atoms with Gasteiger partial charge in [-0.05, 0) is 12.1 Å². The molecule has 2 heterocycles. The van der Waals surface area contributed by atoms with E-state index in [-0.39, 0.29) is 5.75 Å². The number of aromatic hydroxyl groups is 1. The second-order valence-electron chi connectivity index (χ2n) is 3.57. The number of phenolic OH excluding ortho intramolecular Hbond substituents is 1. The molecule has 3 rings (SSSR count). The molecular weight excluding hydrogens is 218 g/mol. The lowest BCUT2D eigenvalue weighted by Gasteiger charge is -2.05. The van der Waals surface area contributed by atoms with Gasteiger partial charge in [0.15, 0.2) is 11.5 Å². The Kier molecular flexibility index (Phi) is 1.94. The summed E-state index contributed by atoms with van der Waals surface area (Å²) >= 11 is 0. The van der Waals surface area contributed by atoms with Crippen molar-refractivity contribution in [1.82, 2.24) is 19.5 Å². The van der Waals surface area contributed by atoms with E-state index in [1.165, 1.54) is 6.33 Å². The highest BCUT2D eigenvalue weighted by Crippen LogP contribution is 2.22. The van der Waals surface area contributed by atoms with E-state index in [0.717, 1.165) is 5.69 Å². The monoisotopic (exact) mass is 227 g/mol. The maximum Gasteiger partial charge on any atom is 0.183 e. The Labute approximate surface area is 96.4 Å². The standard InChI is InChI=1S/C11H9N5O/c12-10-9-11(14-5-13-10)15-6-16(9)7-2-1-3-8(17)4-7/h1-6,17H,(H2,12,13,14). The van der Waals surface area contributed by atoms with E-state index in [1.54, 1.807) is 29.1 Å². The minimum absolute atomic E-state index is 0.180. The SMILES string of the molecule is Nc1ncnc2ncn(-c3cccc(O)c3)c12. The summed E-state index contributed by atoms with van der Waals surface area (Å²) < 4.78 is 1.74. The Balaban J connectivity index is 2.31. The van der Waals surface area contributed by atoms with Gasteiger partial charge in [0.25, 0.3) is 0 Å². The fourth-order valence-corrected chi connectivity index (χ4v) is 1.72. The van der Waals surface area contributed by atoms with Gasteiger partial charge in [-0.2, -0.15) is 0 Å². The Bertz CT molecular complexity index is 691. The molecule has 2 aromatic heterocycles. The summed E-state index contributed by atoms with van der Waals surface area (Å²) in [6.45, 7) is 0. The van der Waals surface area contributed by atoms with Crippen molar-refractivity contribution in [1.29, 1.82) is 0 Å². The van der Waals surface area contributed by atoms with Gasteiger partial charge in [-0.3, -0.25) is 4.57 Å². The molecule has 1 aromatic carbocycles. The fraction of sp³-hybridized carbons (Fsp3) is 0. The number of hydrogen-bond donors (Lipinski definition) is 2. The van der Waals surface area contributed by atoms with Crippen LogP contribution in [0.15, 0.2) is 36.9 Å². The maximum atomic E-state index is 9.46. The minimum atomic E-state index is 0.180. The Morgan fingerprint density at radius 1 is 1.18 bits per heavy atom. The van der Waals surface area contributed by atoms with Crippen LogP contribution in [0.1, 0.15) is 0 Å². The molecular formula is C11H9N5O. The van der Waals surface area contributed by atoms with Gasteiger partial charge >= 0.3 is 0 Å². The lowest BCUT2D eigenvalue weighted by Crippen LogP contribution is -1.98. The third kappa shape index (κ3) is 1.46. The second kappa shape index (κ2) is 3.44. The molecule has 0 spiro atoms. The molecule has 0 aliphatic rings. The normalized spacial score (nSPS) is 10.8. The first kappa shape index (κ1) is 9.59. The number of fused-ring (bicyclic) bond motifs is 1. The third-order valence-electron chi connectivity index (χ3n) is 2.48. The van der Waals surface area contributed by atoms with Crippen molar-refractivity contribution in [2.24, 2.45) is 0 Å². The van der Waals surface area contributed by atoms with E-state index >= 15 is 0 Å². The minimum Gasteiger partial charge on any atom is -0.508 e. The van der Waals surface area contributed by atoms with E-state index in [4.69, 9.17) is 5.73 Å². The number of nitrogens with zero attached hydrogens (tertiary/aromatic N) is 4. The molecule has 0 aliphatic carbocycles. The van der Waals surface area contributed by atoms with E-state index in [9.17, 15) is 5.11 Å². The topological polar surface area (TPSA) is 89.9 Å². The molecule has 0 aliphatic heterocycles. The van der Waals surface area contributed by atoms with Gasteiger partial charge in [0.05, 0.1) is 5.69 Å². The zero-order valence-electron chi connectivity index (χ0n) is 8.78. The highest BCUT2D eigenvalue weighted by atomic mass is 16.3. The molecule has 0 unspecified atom stereocenters. The number of benzene rings is 1. The number of nitrogen functional groups attached to an aromatic ring is 1. The Morgan fingerprint density at radius 3 is 2.88 bits per heavy atom. The van der Waals surface area contributed by atoms with Gasteiger partial charge in [-0.1, -0.05) is 6.07 Å². The predicted octanol–water partition coefficient (Wildman–Crippen LogP) is 1.10. The van der Waals surface area contributed by atoms with Crippen LogP contribution in [0.5, 0.6) is 5.75 Å². The summed E-state index contributed by atoms with van der Waals surface area (Å²) in [7, 11) is 0. The van der Waals surface area contributed by atoms with Gasteiger partial charge in [0.1, 0.15) is 23.9 Å². The van der Waals surface area contributed by atoms with Crippen LogP contribution < -0.4 is 5.73 Å². The molecule has 0 radical (unpaired) electrons. The van der Waals surface area contributed by atoms with Crippen molar-refractivity contribution < 1.29 is 5.11 Å². The third-order valence-corrected chi connectivity index (χ3v) is 2.48. The van der Waals surface area contributed by atoms with Gasteiger partial charge < -0.3 is 10.8 Å². The molecule has 0 atom stereocenters. The van der Waals surface area contributed by atoms with Crippen molar-refractivity contribution in [2.45, 2.75) is 0 Å². The molecule has 0 fully saturated rings. The average molecular weight is 227 g/mol. The van der Waals surface area contributed by atoms with Crippen LogP contribution in [0.25, 0.3) is 16.9 Å². The van der Waals surface area contributed by atoms with Crippen molar-refractivity contribution >= 4 is 17.0 Å². The van der Waals surface area contributed by atoms with Crippen LogP contribution in [0.2, 0.25) is 0 Å². The van der Waals surface area contributed by atoms with Crippen molar-refractivity contribution in [3.05, 3.63) is 36.9 Å². The lowest BCUT2D eigenvalue weighted by atomic mass is 10.3. The lowest BCUT2D eigenvalue weighted by molar-refractivity contribution is 0.475. The number of aromatic nitrogens is 4. The first-order valence-electron chi connectivity index (χ1n) is 4.98. The van der Waals surface area contributed by atoms with E-state index < -0.39 is 0 Å². The van der Waals surface area contributed by atoms with Crippen LogP contribution >= 0.6 is 0 Å². The van der Waals surface area contributed by atoms with Crippen molar-refractivity contribution in [2.75, 3.05) is 5.73 Å². The molecule has 3 aromatic rings. The summed E-state index contributed by atoms with van der Waals surface area (Å²) in [4.78, 5) is 12.1. The molecule has 6 nitrogen and oxygen atoms in total. The molecule has 0 bridgehead atoms. The Morgan fingerprint density at radius 2 is 2.06 bits per heavy atom. The van der Waals surface area contributed by atoms with Gasteiger partial charge in [0.2, 0.25) is 0 Å². The molecule has 0 amide bonds. The number of imidazole rings is 1. The van der Waals surface area contributed by atoms with E-state index in [0.29, 0.717) is 17.0 Å². The van der Waals surface area contributed by atoms with E-state index in [1.807, 2.05) is 6.07 Å². The average Bonchev–Trinajstić information content (AvgIpc) is 2.74. The summed E-state index contributed by atoms with van der Waals surface area (Å²) in [5.74, 6) is 0.538. The number of nitrogens with two attached hydrogens (primary N) is 1. The molecule has 0 saturated carbocycles. The quantitative estimate of drug-likeness (QED) is 0.649. The van der Waals surface area contributed by atoms with Crippen LogP contribution in [0.4, 0.5) is 5.82 Å². The molecule has 0 saturated heterocycles. The Hall–Kier alpha value is -2.63. The summed E-state index contributed by atoms with van der Waals surface area (Å²) in [6.07, 6.45) is 2.97. The molecule has 6 heteroatoms. The molecule has 84 valence electrons. The highest BCUT2D eigenvalue weighted by molar-refractivity contribution is 5.83. The predicted molar refractivity (Wildman–Crippen MR) is 62.7 cm³/mol. The van der Waals surface area contributed by atoms with Crippen LogP contribution in [-0.4, -0.2) is 24.6 Å². The summed E-state index contributed by atoms with van der Waals surface area (Å²) in [5.41, 5.74) is 7.73. The largest absolute Gasteiger partial charge is 0.508 e. The van der Waals surface area contributed by atoms with Gasteiger partial charge in [-0.25, -0.2) is 15.0 Å². The molecule has 17 heavy (non-hydrogen) atoms. The van der Waals surface area contributed by atoms with Crippen LogP contribution in [-0.2, 0) is 0 Å². The van der Waals surface area contributed by atoms with Crippen molar-refractivity contribution in [3.8, 4) is 11.4 Å². The van der Waals surface area contributed by atoms with E-state index in [2.05, 4.69) is 15.0 Å². The molecule has 3 N–H and O–H groups in total. The van der Waals surface area contributed by atoms with Gasteiger partial charge in [0, 0.05) is 6.07 Å². The number of hydrogen-bond acceptors (Lipinski definition) is 5. The first-order valence-corrected chi connectivity index (χ1v) is 4.98. The summed E-state index contributed by atoms with van der Waals surface area (Å²) in [5, 5.41) is 9.46. The zero-order chi connectivity index (χ0) is 11.8. The summed E-state index contributed by atoms with van der Waals surface area (Å²) in [6, 6.07) is 6.81. The number of phenols is 1. The zero-order valence-corrected chi connectivity index (χ0v) is 8.78.